The summed E-state index contributed by atoms with van der Waals surface area (Å²) in [4.78, 5) is 30.3. The van der Waals surface area contributed by atoms with Crippen LogP contribution >= 0.6 is 0 Å². The van der Waals surface area contributed by atoms with E-state index in [1.807, 2.05) is 71.3 Å². The Bertz CT molecular complexity index is 1560. The van der Waals surface area contributed by atoms with Gasteiger partial charge in [-0.1, -0.05) is 60.6 Å². The normalized spacial score (nSPS) is 12.1. The zero-order chi connectivity index (χ0) is 22.2. The molecular formula is C27H22N2O3. The lowest BCUT2D eigenvalue weighted by atomic mass is 9.98. The lowest BCUT2D eigenvalue weighted by Gasteiger charge is -2.08. The third-order valence-corrected chi connectivity index (χ3v) is 5.95. The van der Waals surface area contributed by atoms with Gasteiger partial charge in [0.15, 0.2) is 5.43 Å². The Morgan fingerprint density at radius 2 is 1.66 bits per heavy atom. The predicted octanol–water partition coefficient (Wildman–Crippen LogP) is 5.25. The number of aryl methyl sites for hydroxylation is 1. The molecule has 32 heavy (non-hydrogen) atoms. The maximum Gasteiger partial charge on any atom is 0.334 e. The van der Waals surface area contributed by atoms with E-state index in [0.29, 0.717) is 22.9 Å². The van der Waals surface area contributed by atoms with Gasteiger partial charge in [-0.15, -0.1) is 0 Å². The van der Waals surface area contributed by atoms with Crippen LogP contribution in [0.15, 0.2) is 82.9 Å². The Morgan fingerprint density at radius 3 is 2.47 bits per heavy atom. The SMILES string of the molecule is CCC(=O)O/N=C(\Cc1ccccc1C)c1cn2c3ccccc3c(=O)c3cccc1c32. The van der Waals surface area contributed by atoms with Crippen LogP contribution in [0.5, 0.6) is 0 Å². The number of hydrogen-bond acceptors (Lipinski definition) is 4. The summed E-state index contributed by atoms with van der Waals surface area (Å²) < 4.78 is 2.05. The summed E-state index contributed by atoms with van der Waals surface area (Å²) in [6, 6.07) is 21.4. The van der Waals surface area contributed by atoms with Gasteiger partial charge in [0, 0.05) is 40.8 Å². The van der Waals surface area contributed by atoms with Gasteiger partial charge >= 0.3 is 5.97 Å². The number of rotatable bonds is 5. The Labute approximate surface area is 184 Å². The van der Waals surface area contributed by atoms with Crippen molar-refractivity contribution < 1.29 is 9.63 Å². The quantitative estimate of drug-likeness (QED) is 0.168. The van der Waals surface area contributed by atoms with Gasteiger partial charge in [-0.05, 0) is 36.2 Å². The summed E-state index contributed by atoms with van der Waals surface area (Å²) in [5.41, 5.74) is 5.43. The molecule has 2 aromatic heterocycles. The van der Waals surface area contributed by atoms with Crippen molar-refractivity contribution in [1.82, 2.24) is 4.40 Å². The van der Waals surface area contributed by atoms with E-state index in [9.17, 15) is 9.59 Å². The summed E-state index contributed by atoms with van der Waals surface area (Å²) in [6.45, 7) is 3.79. The number of oxime groups is 1. The van der Waals surface area contributed by atoms with Crippen molar-refractivity contribution in [2.24, 2.45) is 5.16 Å². The summed E-state index contributed by atoms with van der Waals surface area (Å²) >= 11 is 0. The van der Waals surface area contributed by atoms with Crippen LogP contribution in [-0.4, -0.2) is 16.1 Å². The van der Waals surface area contributed by atoms with Crippen LogP contribution < -0.4 is 5.43 Å². The number of benzene rings is 3. The Hall–Kier alpha value is -3.99. The van der Waals surface area contributed by atoms with Crippen molar-refractivity contribution in [3.63, 3.8) is 0 Å². The third-order valence-electron chi connectivity index (χ3n) is 5.95. The molecule has 0 aliphatic rings. The molecule has 5 heteroatoms. The molecule has 158 valence electrons. The van der Waals surface area contributed by atoms with Crippen molar-refractivity contribution in [2.75, 3.05) is 0 Å². The number of nitrogens with zero attached hydrogens (tertiary/aromatic N) is 2. The van der Waals surface area contributed by atoms with E-state index in [4.69, 9.17) is 4.84 Å². The highest BCUT2D eigenvalue weighted by molar-refractivity contribution is 6.16. The van der Waals surface area contributed by atoms with E-state index in [2.05, 4.69) is 18.1 Å². The molecule has 5 rings (SSSR count). The summed E-state index contributed by atoms with van der Waals surface area (Å²) in [7, 11) is 0. The zero-order valence-electron chi connectivity index (χ0n) is 18.0. The monoisotopic (exact) mass is 422 g/mol. The second-order valence-electron chi connectivity index (χ2n) is 7.92. The second kappa shape index (κ2) is 7.93. The standard InChI is InChI=1S/C27H22N2O3/c1-3-25(30)32-28-23(15-18-10-5-4-9-17(18)2)22-16-29-24-14-7-6-11-20(24)27(31)21-13-8-12-19(22)26(21)29/h4-14,16H,3,15H2,1-2H3/b28-23+. The average Bonchev–Trinajstić information content (AvgIpc) is 3.21. The maximum absolute atomic E-state index is 13.2. The van der Waals surface area contributed by atoms with Gasteiger partial charge in [-0.3, -0.25) is 4.79 Å². The van der Waals surface area contributed by atoms with E-state index < -0.39 is 0 Å². The van der Waals surface area contributed by atoms with Crippen LogP contribution in [0.25, 0.3) is 27.2 Å². The first-order valence-corrected chi connectivity index (χ1v) is 10.7. The van der Waals surface area contributed by atoms with E-state index in [-0.39, 0.29) is 17.8 Å². The first kappa shape index (κ1) is 19.9. The highest BCUT2D eigenvalue weighted by atomic mass is 16.7. The molecule has 0 saturated carbocycles. The molecule has 5 nitrogen and oxygen atoms in total. The number of pyridine rings is 1. The smallest absolute Gasteiger partial charge is 0.318 e. The first-order valence-electron chi connectivity index (χ1n) is 10.7. The number of aromatic nitrogens is 1. The minimum absolute atomic E-state index is 0.0122. The van der Waals surface area contributed by atoms with Crippen LogP contribution in [0.3, 0.4) is 0 Å². The number of carbonyl (C=O) groups is 1. The molecular weight excluding hydrogens is 400 g/mol. The minimum atomic E-state index is -0.387. The average molecular weight is 422 g/mol. The van der Waals surface area contributed by atoms with Gasteiger partial charge in [0.2, 0.25) is 0 Å². The van der Waals surface area contributed by atoms with Crippen LogP contribution in [0.2, 0.25) is 0 Å². The largest absolute Gasteiger partial charge is 0.334 e. The number of para-hydroxylation sites is 2. The molecule has 2 heterocycles. The topological polar surface area (TPSA) is 60.1 Å². The molecule has 0 atom stereocenters. The molecule has 0 N–H and O–H groups in total. The highest BCUT2D eigenvalue weighted by Gasteiger charge is 2.19. The third kappa shape index (κ3) is 3.23. The fourth-order valence-corrected chi connectivity index (χ4v) is 4.24. The maximum atomic E-state index is 13.2. The number of fused-ring (bicyclic) bond motifs is 2. The number of hydrogen-bond donors (Lipinski definition) is 0. The van der Waals surface area contributed by atoms with Crippen LogP contribution in [0.1, 0.15) is 30.0 Å². The lowest BCUT2D eigenvalue weighted by molar-refractivity contribution is -0.143. The van der Waals surface area contributed by atoms with E-state index in [1.165, 1.54) is 0 Å². The van der Waals surface area contributed by atoms with Gasteiger partial charge in [0.25, 0.3) is 0 Å². The molecule has 5 aromatic rings. The summed E-state index contributed by atoms with van der Waals surface area (Å²) in [6.07, 6.45) is 2.74. The van der Waals surface area contributed by atoms with Crippen molar-refractivity contribution >= 4 is 38.9 Å². The van der Waals surface area contributed by atoms with Gasteiger partial charge in [0.1, 0.15) is 0 Å². The molecule has 0 unspecified atom stereocenters. The minimum Gasteiger partial charge on any atom is -0.318 e. The summed E-state index contributed by atoms with van der Waals surface area (Å²) in [5, 5.41) is 6.53. The van der Waals surface area contributed by atoms with Gasteiger partial charge < -0.3 is 9.24 Å². The molecule has 0 spiro atoms. The molecule has 0 bridgehead atoms. The molecule has 0 aliphatic carbocycles. The van der Waals surface area contributed by atoms with Crippen molar-refractivity contribution in [3.8, 4) is 0 Å². The van der Waals surface area contributed by atoms with Gasteiger partial charge in [-0.25, -0.2) is 4.79 Å². The van der Waals surface area contributed by atoms with Crippen molar-refractivity contribution in [3.05, 3.63) is 99.8 Å². The van der Waals surface area contributed by atoms with Gasteiger partial charge in [-0.2, -0.15) is 0 Å². The molecule has 3 aromatic carbocycles. The highest BCUT2D eigenvalue weighted by Crippen LogP contribution is 2.29. The Balaban J connectivity index is 1.79. The lowest BCUT2D eigenvalue weighted by Crippen LogP contribution is -2.09. The first-order chi connectivity index (χ1) is 15.6. The zero-order valence-corrected chi connectivity index (χ0v) is 18.0. The van der Waals surface area contributed by atoms with E-state index in [1.54, 1.807) is 6.92 Å². The van der Waals surface area contributed by atoms with Crippen LogP contribution in [0.4, 0.5) is 0 Å². The van der Waals surface area contributed by atoms with Crippen LogP contribution in [0, 0.1) is 6.92 Å². The van der Waals surface area contributed by atoms with Gasteiger partial charge in [0.05, 0.1) is 16.7 Å². The van der Waals surface area contributed by atoms with Crippen molar-refractivity contribution in [1.29, 1.82) is 0 Å². The fraction of sp³-hybridized carbons (Fsp3) is 0.148. The summed E-state index contributed by atoms with van der Waals surface area (Å²) in [5.74, 6) is -0.387. The molecule has 0 amide bonds. The number of carbonyl (C=O) groups excluding carboxylic acids is 1. The van der Waals surface area contributed by atoms with Crippen LogP contribution in [-0.2, 0) is 16.1 Å². The molecule has 0 fully saturated rings. The molecule has 0 radical (unpaired) electrons. The fourth-order valence-electron chi connectivity index (χ4n) is 4.24. The second-order valence-corrected chi connectivity index (χ2v) is 7.92. The Kier molecular flexibility index (Phi) is 4.94. The molecule has 0 saturated heterocycles. The van der Waals surface area contributed by atoms with E-state index >= 15 is 0 Å². The predicted molar refractivity (Wildman–Crippen MR) is 128 cm³/mol. The Morgan fingerprint density at radius 1 is 0.938 bits per heavy atom. The van der Waals surface area contributed by atoms with E-state index in [0.717, 1.165) is 33.1 Å². The molecule has 0 aliphatic heterocycles. The van der Waals surface area contributed by atoms with Crippen molar-refractivity contribution in [2.45, 2.75) is 26.7 Å².